The molecule has 0 atom stereocenters. The standard InChI is InChI=1S/C24H21N3O2/c28-24(29)20-5-2-1-4-18(20)14-25-23-22-19(6-3-7-21(22)26-27-23)17-12-10-16(11-13-17)15-8-9-15/h1-7,10-13,15H,8-9,14H2,(H,28,29)(H2,25,26,27). The van der Waals surface area contributed by atoms with E-state index >= 15 is 0 Å². The molecule has 0 bridgehead atoms. The molecule has 3 aromatic carbocycles. The topological polar surface area (TPSA) is 78.0 Å². The molecule has 5 heteroatoms. The number of carboxylic acid groups (broad SMARTS) is 1. The van der Waals surface area contributed by atoms with Crippen LogP contribution in [0.2, 0.25) is 0 Å². The van der Waals surface area contributed by atoms with Gasteiger partial charge < -0.3 is 10.4 Å². The normalized spacial score (nSPS) is 13.5. The summed E-state index contributed by atoms with van der Waals surface area (Å²) in [6.07, 6.45) is 2.59. The van der Waals surface area contributed by atoms with Crippen molar-refractivity contribution in [1.29, 1.82) is 0 Å². The number of aromatic carboxylic acids is 1. The molecule has 29 heavy (non-hydrogen) atoms. The molecule has 0 spiro atoms. The molecular weight excluding hydrogens is 362 g/mol. The molecular formula is C24H21N3O2. The molecule has 3 N–H and O–H groups in total. The first kappa shape index (κ1) is 17.5. The van der Waals surface area contributed by atoms with Gasteiger partial charge in [-0.25, -0.2) is 4.79 Å². The van der Waals surface area contributed by atoms with Gasteiger partial charge in [0.2, 0.25) is 0 Å². The molecule has 1 aliphatic rings. The smallest absolute Gasteiger partial charge is 0.336 e. The fourth-order valence-electron chi connectivity index (χ4n) is 3.85. The predicted molar refractivity (Wildman–Crippen MR) is 114 cm³/mol. The van der Waals surface area contributed by atoms with Crippen LogP contribution in [0.4, 0.5) is 5.82 Å². The summed E-state index contributed by atoms with van der Waals surface area (Å²) in [7, 11) is 0. The molecule has 1 saturated carbocycles. The van der Waals surface area contributed by atoms with E-state index in [0.717, 1.165) is 39.3 Å². The van der Waals surface area contributed by atoms with Crippen molar-refractivity contribution in [2.75, 3.05) is 5.32 Å². The van der Waals surface area contributed by atoms with Crippen molar-refractivity contribution in [2.24, 2.45) is 0 Å². The predicted octanol–water partition coefficient (Wildman–Crippen LogP) is 5.42. The Hall–Kier alpha value is -3.60. The maximum atomic E-state index is 11.5. The van der Waals surface area contributed by atoms with Gasteiger partial charge in [0.05, 0.1) is 16.5 Å². The second-order valence-corrected chi connectivity index (χ2v) is 7.51. The number of fused-ring (bicyclic) bond motifs is 1. The first-order valence-electron chi connectivity index (χ1n) is 9.83. The number of benzene rings is 3. The molecule has 4 aromatic rings. The molecule has 5 rings (SSSR count). The molecule has 0 aliphatic heterocycles. The van der Waals surface area contributed by atoms with Crippen LogP contribution in [0, 0.1) is 0 Å². The monoisotopic (exact) mass is 383 g/mol. The van der Waals surface area contributed by atoms with Crippen LogP contribution in [0.15, 0.2) is 66.7 Å². The molecule has 0 saturated heterocycles. The van der Waals surface area contributed by atoms with Crippen molar-refractivity contribution >= 4 is 22.7 Å². The summed E-state index contributed by atoms with van der Waals surface area (Å²) >= 11 is 0. The lowest BCUT2D eigenvalue weighted by atomic mass is 9.99. The van der Waals surface area contributed by atoms with E-state index in [1.54, 1.807) is 12.1 Å². The van der Waals surface area contributed by atoms with Crippen molar-refractivity contribution < 1.29 is 9.90 Å². The van der Waals surface area contributed by atoms with Crippen molar-refractivity contribution in [2.45, 2.75) is 25.3 Å². The maximum Gasteiger partial charge on any atom is 0.336 e. The van der Waals surface area contributed by atoms with E-state index in [4.69, 9.17) is 0 Å². The summed E-state index contributed by atoms with van der Waals surface area (Å²) in [5, 5.41) is 21.3. The Balaban J connectivity index is 1.48. The first-order chi connectivity index (χ1) is 14.2. The van der Waals surface area contributed by atoms with Crippen LogP contribution in [-0.4, -0.2) is 21.3 Å². The highest BCUT2D eigenvalue weighted by molar-refractivity contribution is 6.02. The lowest BCUT2D eigenvalue weighted by Crippen LogP contribution is -2.07. The van der Waals surface area contributed by atoms with Gasteiger partial charge in [-0.2, -0.15) is 5.10 Å². The molecule has 5 nitrogen and oxygen atoms in total. The summed E-state index contributed by atoms with van der Waals surface area (Å²) in [5.74, 6) is 0.535. The molecule has 1 aliphatic carbocycles. The SMILES string of the molecule is O=C(O)c1ccccc1CNc1n[nH]c2cccc(-c3ccc(C4CC4)cc3)c12. The minimum absolute atomic E-state index is 0.302. The van der Waals surface area contributed by atoms with Gasteiger partial charge in [0.15, 0.2) is 5.82 Å². The van der Waals surface area contributed by atoms with Crippen LogP contribution in [0.1, 0.15) is 40.2 Å². The van der Waals surface area contributed by atoms with Gasteiger partial charge in [-0.1, -0.05) is 54.6 Å². The summed E-state index contributed by atoms with van der Waals surface area (Å²) in [6, 6.07) is 22.0. The number of carboxylic acids is 1. The van der Waals surface area contributed by atoms with E-state index in [2.05, 4.69) is 45.8 Å². The van der Waals surface area contributed by atoms with Crippen LogP contribution < -0.4 is 5.32 Å². The molecule has 1 heterocycles. The molecule has 144 valence electrons. The second kappa shape index (κ2) is 7.09. The molecule has 1 fully saturated rings. The third-order valence-corrected chi connectivity index (χ3v) is 5.55. The number of hydrogen-bond acceptors (Lipinski definition) is 3. The Bertz CT molecular complexity index is 1190. The number of H-pyrrole nitrogens is 1. The van der Waals surface area contributed by atoms with E-state index in [0.29, 0.717) is 12.1 Å². The number of hydrogen-bond donors (Lipinski definition) is 3. The van der Waals surface area contributed by atoms with E-state index < -0.39 is 5.97 Å². The highest BCUT2D eigenvalue weighted by atomic mass is 16.4. The van der Waals surface area contributed by atoms with E-state index in [-0.39, 0.29) is 0 Å². The number of nitrogens with one attached hydrogen (secondary N) is 2. The lowest BCUT2D eigenvalue weighted by Gasteiger charge is -2.10. The number of aromatic nitrogens is 2. The zero-order valence-corrected chi connectivity index (χ0v) is 15.9. The number of anilines is 1. The van der Waals surface area contributed by atoms with Gasteiger partial charge in [0.25, 0.3) is 0 Å². The summed E-state index contributed by atoms with van der Waals surface area (Å²) < 4.78 is 0. The van der Waals surface area contributed by atoms with Gasteiger partial charge in [-0.05, 0) is 53.1 Å². The van der Waals surface area contributed by atoms with Crippen LogP contribution in [-0.2, 0) is 6.54 Å². The first-order valence-corrected chi connectivity index (χ1v) is 9.83. The number of carbonyl (C=O) groups is 1. The average Bonchev–Trinajstić information content (AvgIpc) is 3.52. The van der Waals surface area contributed by atoms with Crippen LogP contribution in [0.5, 0.6) is 0 Å². The number of nitrogens with zero attached hydrogens (tertiary/aromatic N) is 1. The van der Waals surface area contributed by atoms with E-state index in [1.807, 2.05) is 24.3 Å². The second-order valence-electron chi connectivity index (χ2n) is 7.51. The van der Waals surface area contributed by atoms with Gasteiger partial charge in [0.1, 0.15) is 0 Å². The average molecular weight is 383 g/mol. The Labute approximate surface area is 168 Å². The Morgan fingerprint density at radius 3 is 2.59 bits per heavy atom. The fraction of sp³-hybridized carbons (Fsp3) is 0.167. The highest BCUT2D eigenvalue weighted by Crippen LogP contribution is 2.41. The van der Waals surface area contributed by atoms with Crippen molar-refractivity contribution in [1.82, 2.24) is 10.2 Å². The summed E-state index contributed by atoms with van der Waals surface area (Å²) in [6.45, 7) is 0.386. The minimum atomic E-state index is -0.925. The van der Waals surface area contributed by atoms with Gasteiger partial charge in [0, 0.05) is 6.54 Å². The van der Waals surface area contributed by atoms with Crippen LogP contribution in [0.25, 0.3) is 22.0 Å². The summed E-state index contributed by atoms with van der Waals surface area (Å²) in [4.78, 5) is 11.5. The lowest BCUT2D eigenvalue weighted by molar-refractivity contribution is 0.0696. The minimum Gasteiger partial charge on any atom is -0.478 e. The van der Waals surface area contributed by atoms with E-state index in [9.17, 15) is 9.90 Å². The van der Waals surface area contributed by atoms with Crippen LogP contribution >= 0.6 is 0 Å². The number of rotatable bonds is 6. The summed E-state index contributed by atoms with van der Waals surface area (Å²) in [5.41, 5.74) is 5.64. The van der Waals surface area contributed by atoms with E-state index in [1.165, 1.54) is 18.4 Å². The Morgan fingerprint density at radius 2 is 1.83 bits per heavy atom. The Kier molecular flexibility index (Phi) is 4.28. The van der Waals surface area contributed by atoms with Crippen LogP contribution in [0.3, 0.4) is 0 Å². The van der Waals surface area contributed by atoms with Crippen molar-refractivity contribution in [3.8, 4) is 11.1 Å². The zero-order valence-electron chi connectivity index (χ0n) is 15.9. The third kappa shape index (κ3) is 3.36. The van der Waals surface area contributed by atoms with Gasteiger partial charge in [-0.15, -0.1) is 0 Å². The largest absolute Gasteiger partial charge is 0.478 e. The maximum absolute atomic E-state index is 11.5. The van der Waals surface area contributed by atoms with Crippen molar-refractivity contribution in [3.63, 3.8) is 0 Å². The quantitative estimate of drug-likeness (QED) is 0.415. The zero-order chi connectivity index (χ0) is 19.8. The molecule has 0 radical (unpaired) electrons. The fourth-order valence-corrected chi connectivity index (χ4v) is 3.85. The highest BCUT2D eigenvalue weighted by Gasteiger charge is 2.23. The van der Waals surface area contributed by atoms with Gasteiger partial charge in [-0.3, -0.25) is 5.10 Å². The molecule has 0 unspecified atom stereocenters. The Morgan fingerprint density at radius 1 is 1.03 bits per heavy atom. The number of aromatic amines is 1. The van der Waals surface area contributed by atoms with Crippen molar-refractivity contribution in [3.05, 3.63) is 83.4 Å². The van der Waals surface area contributed by atoms with Gasteiger partial charge >= 0.3 is 5.97 Å². The molecule has 0 amide bonds. The third-order valence-electron chi connectivity index (χ3n) is 5.55. The molecule has 1 aromatic heterocycles.